The number of rotatable bonds is 7. The lowest BCUT2D eigenvalue weighted by Crippen LogP contribution is -2.27. The molecule has 1 aromatic carbocycles. The Labute approximate surface area is 164 Å². The van der Waals surface area contributed by atoms with Gasteiger partial charge in [0, 0.05) is 11.6 Å². The number of thiophene rings is 1. The third-order valence-corrected chi connectivity index (χ3v) is 4.84. The molecule has 0 aliphatic carbocycles. The summed E-state index contributed by atoms with van der Waals surface area (Å²) in [5.41, 5.74) is 1.48. The number of fused-ring (bicyclic) bond motifs is 1. The van der Waals surface area contributed by atoms with Crippen molar-refractivity contribution in [1.82, 2.24) is 25.1 Å². The second kappa shape index (κ2) is 8.05. The van der Waals surface area contributed by atoms with Crippen molar-refractivity contribution in [3.8, 4) is 23.0 Å². The molecule has 0 atom stereocenters. The summed E-state index contributed by atoms with van der Waals surface area (Å²) in [6.07, 6.45) is 0. The first kappa shape index (κ1) is 17.9. The molecule has 0 unspecified atom stereocenters. The fourth-order valence-electron chi connectivity index (χ4n) is 2.58. The predicted molar refractivity (Wildman–Crippen MR) is 105 cm³/mol. The van der Waals surface area contributed by atoms with Crippen LogP contribution in [0.3, 0.4) is 0 Å². The Morgan fingerprint density at radius 2 is 2.00 bits per heavy atom. The van der Waals surface area contributed by atoms with E-state index < -0.39 is 0 Å². The highest BCUT2D eigenvalue weighted by Crippen LogP contribution is 2.21. The highest BCUT2D eigenvalue weighted by atomic mass is 32.1. The first-order valence-corrected chi connectivity index (χ1v) is 9.44. The zero-order chi connectivity index (χ0) is 19.3. The lowest BCUT2D eigenvalue weighted by atomic mass is 10.2. The minimum Gasteiger partial charge on any atom is -0.497 e. The molecule has 0 fully saturated rings. The van der Waals surface area contributed by atoms with Crippen LogP contribution in [0.2, 0.25) is 0 Å². The van der Waals surface area contributed by atoms with Gasteiger partial charge in [0.2, 0.25) is 5.88 Å². The Hall–Kier alpha value is -3.46. The van der Waals surface area contributed by atoms with Gasteiger partial charge in [-0.25, -0.2) is 0 Å². The quantitative estimate of drug-likeness (QED) is 0.484. The second-order valence-electron chi connectivity index (χ2n) is 5.78. The second-order valence-corrected chi connectivity index (χ2v) is 6.72. The summed E-state index contributed by atoms with van der Waals surface area (Å²) in [5.74, 6) is 1.68. The van der Waals surface area contributed by atoms with Crippen molar-refractivity contribution in [2.24, 2.45) is 0 Å². The molecule has 0 spiro atoms. The summed E-state index contributed by atoms with van der Waals surface area (Å²) in [6, 6.07) is 14.6. The number of aromatic nitrogens is 4. The third kappa shape index (κ3) is 3.79. The SMILES string of the molecule is COc1ccc(-c2nnc3ccc(OCCNC(=O)c4cccs4)nn23)cc1. The number of ether oxygens (including phenoxy) is 2. The van der Waals surface area contributed by atoms with Gasteiger partial charge in [-0.15, -0.1) is 26.6 Å². The molecular weight excluding hydrogens is 378 g/mol. The molecule has 1 N–H and O–H groups in total. The number of methoxy groups -OCH3 is 1. The van der Waals surface area contributed by atoms with Gasteiger partial charge in [0.05, 0.1) is 18.5 Å². The van der Waals surface area contributed by atoms with Crippen LogP contribution in [0.25, 0.3) is 17.0 Å². The zero-order valence-corrected chi connectivity index (χ0v) is 15.8. The van der Waals surface area contributed by atoms with Gasteiger partial charge < -0.3 is 14.8 Å². The average Bonchev–Trinajstić information content (AvgIpc) is 3.41. The Kier molecular flexibility index (Phi) is 5.16. The summed E-state index contributed by atoms with van der Waals surface area (Å²) in [5, 5.41) is 17.5. The molecule has 142 valence electrons. The molecule has 0 aliphatic heterocycles. The number of hydrogen-bond acceptors (Lipinski definition) is 7. The fraction of sp³-hybridized carbons (Fsp3) is 0.158. The predicted octanol–water partition coefficient (Wildman–Crippen LogP) is 2.67. The van der Waals surface area contributed by atoms with E-state index in [0.717, 1.165) is 11.3 Å². The van der Waals surface area contributed by atoms with Gasteiger partial charge in [-0.05, 0) is 41.8 Å². The van der Waals surface area contributed by atoms with E-state index in [1.165, 1.54) is 11.3 Å². The van der Waals surface area contributed by atoms with E-state index in [-0.39, 0.29) is 5.91 Å². The number of nitrogens with one attached hydrogen (secondary N) is 1. The van der Waals surface area contributed by atoms with E-state index >= 15 is 0 Å². The van der Waals surface area contributed by atoms with E-state index in [9.17, 15) is 4.79 Å². The maximum atomic E-state index is 11.9. The highest BCUT2D eigenvalue weighted by Gasteiger charge is 2.11. The summed E-state index contributed by atoms with van der Waals surface area (Å²) >= 11 is 1.40. The number of amides is 1. The van der Waals surface area contributed by atoms with Crippen LogP contribution >= 0.6 is 11.3 Å². The zero-order valence-electron chi connectivity index (χ0n) is 15.0. The van der Waals surface area contributed by atoms with Crippen LogP contribution in [0, 0.1) is 0 Å². The molecule has 1 amide bonds. The maximum Gasteiger partial charge on any atom is 0.261 e. The van der Waals surface area contributed by atoms with Gasteiger partial charge in [0.15, 0.2) is 11.5 Å². The van der Waals surface area contributed by atoms with E-state index in [1.54, 1.807) is 29.8 Å². The number of carbonyl (C=O) groups excluding carboxylic acids is 1. The van der Waals surface area contributed by atoms with Crippen molar-refractivity contribution in [3.63, 3.8) is 0 Å². The van der Waals surface area contributed by atoms with Gasteiger partial charge in [-0.1, -0.05) is 6.07 Å². The van der Waals surface area contributed by atoms with Crippen LogP contribution < -0.4 is 14.8 Å². The van der Waals surface area contributed by atoms with Gasteiger partial charge in [0.1, 0.15) is 12.4 Å². The molecule has 9 heteroatoms. The lowest BCUT2D eigenvalue weighted by Gasteiger charge is -2.07. The summed E-state index contributed by atoms with van der Waals surface area (Å²) < 4.78 is 12.5. The monoisotopic (exact) mass is 395 g/mol. The smallest absolute Gasteiger partial charge is 0.261 e. The molecule has 0 saturated heterocycles. The van der Waals surface area contributed by atoms with E-state index in [0.29, 0.717) is 35.4 Å². The first-order chi connectivity index (χ1) is 13.7. The molecule has 0 bridgehead atoms. The molecule has 0 radical (unpaired) electrons. The Bertz CT molecular complexity index is 1080. The van der Waals surface area contributed by atoms with E-state index in [4.69, 9.17) is 9.47 Å². The standard InChI is InChI=1S/C19H17N5O3S/c1-26-14-6-4-13(5-7-14)18-22-21-16-8-9-17(23-24(16)18)27-11-10-20-19(25)15-3-2-12-28-15/h2-9,12H,10-11H2,1H3,(H,20,25). The maximum absolute atomic E-state index is 11.9. The highest BCUT2D eigenvalue weighted by molar-refractivity contribution is 7.12. The molecule has 0 saturated carbocycles. The van der Waals surface area contributed by atoms with Crippen LogP contribution in [0.1, 0.15) is 9.67 Å². The minimum atomic E-state index is -0.109. The van der Waals surface area contributed by atoms with Crippen molar-refractivity contribution in [3.05, 3.63) is 58.8 Å². The van der Waals surface area contributed by atoms with Crippen molar-refractivity contribution in [2.45, 2.75) is 0 Å². The van der Waals surface area contributed by atoms with E-state index in [2.05, 4.69) is 20.6 Å². The molecule has 8 nitrogen and oxygen atoms in total. The van der Waals surface area contributed by atoms with Crippen LogP contribution in [0.4, 0.5) is 0 Å². The normalized spacial score (nSPS) is 10.8. The number of hydrogen-bond donors (Lipinski definition) is 1. The van der Waals surface area contributed by atoms with Crippen LogP contribution in [-0.2, 0) is 0 Å². The molecule has 3 heterocycles. The van der Waals surface area contributed by atoms with Crippen LogP contribution in [0.15, 0.2) is 53.9 Å². The average molecular weight is 395 g/mol. The van der Waals surface area contributed by atoms with Crippen LogP contribution in [0.5, 0.6) is 11.6 Å². The molecule has 3 aromatic heterocycles. The number of carbonyl (C=O) groups is 1. The van der Waals surface area contributed by atoms with E-state index in [1.807, 2.05) is 35.7 Å². The molecule has 0 aliphatic rings. The van der Waals surface area contributed by atoms with Crippen molar-refractivity contribution >= 4 is 22.9 Å². The van der Waals surface area contributed by atoms with Crippen molar-refractivity contribution in [1.29, 1.82) is 0 Å². The van der Waals surface area contributed by atoms with Crippen molar-refractivity contribution < 1.29 is 14.3 Å². The Morgan fingerprint density at radius 3 is 2.75 bits per heavy atom. The van der Waals surface area contributed by atoms with Gasteiger partial charge in [0.25, 0.3) is 5.91 Å². The first-order valence-electron chi connectivity index (χ1n) is 8.56. The number of benzene rings is 1. The molecule has 28 heavy (non-hydrogen) atoms. The van der Waals surface area contributed by atoms with Gasteiger partial charge in [-0.3, -0.25) is 4.79 Å². The Balaban J connectivity index is 1.43. The Morgan fingerprint density at radius 1 is 1.14 bits per heavy atom. The van der Waals surface area contributed by atoms with Crippen molar-refractivity contribution in [2.75, 3.05) is 20.3 Å². The lowest BCUT2D eigenvalue weighted by molar-refractivity contribution is 0.0950. The van der Waals surface area contributed by atoms with Gasteiger partial charge >= 0.3 is 0 Å². The van der Waals surface area contributed by atoms with Crippen LogP contribution in [-0.4, -0.2) is 46.0 Å². The summed E-state index contributed by atoms with van der Waals surface area (Å²) in [6.45, 7) is 0.680. The molecule has 4 aromatic rings. The van der Waals surface area contributed by atoms with Gasteiger partial charge in [-0.2, -0.15) is 4.52 Å². The summed E-state index contributed by atoms with van der Waals surface area (Å²) in [4.78, 5) is 12.6. The number of nitrogens with zero attached hydrogens (tertiary/aromatic N) is 4. The fourth-order valence-corrected chi connectivity index (χ4v) is 3.22. The topological polar surface area (TPSA) is 90.6 Å². The molecule has 4 rings (SSSR count). The minimum absolute atomic E-state index is 0.109. The summed E-state index contributed by atoms with van der Waals surface area (Å²) in [7, 11) is 1.62. The largest absolute Gasteiger partial charge is 0.497 e. The molecular formula is C19H17N5O3S. The third-order valence-electron chi connectivity index (χ3n) is 3.97.